The van der Waals surface area contributed by atoms with E-state index in [2.05, 4.69) is 60.9 Å². The summed E-state index contributed by atoms with van der Waals surface area (Å²) in [6, 6.07) is 8.73. The summed E-state index contributed by atoms with van der Waals surface area (Å²) < 4.78 is 19.7. The molecule has 2 unspecified atom stereocenters. The van der Waals surface area contributed by atoms with E-state index >= 15 is 0 Å². The van der Waals surface area contributed by atoms with E-state index in [1.165, 1.54) is 6.07 Å². The molecule has 0 aromatic heterocycles. The molecule has 10 nitrogen and oxygen atoms in total. The fourth-order valence-corrected chi connectivity index (χ4v) is 7.11. The highest BCUT2D eigenvalue weighted by atomic mass is 31.2. The Morgan fingerprint density at radius 1 is 0.843 bits per heavy atom. The maximum atomic E-state index is 12.8. The number of ether oxygens (including phenoxy) is 1. The molecular weight excluding hydrogens is 659 g/mol. The zero-order chi connectivity index (χ0) is 37.8. The van der Waals surface area contributed by atoms with E-state index in [0.717, 1.165) is 101 Å². The molecule has 0 saturated carbocycles. The van der Waals surface area contributed by atoms with E-state index in [0.29, 0.717) is 48.2 Å². The maximum Gasteiger partial charge on any atom is 0.427 e. The predicted molar refractivity (Wildman–Crippen MR) is 209 cm³/mol. The standard InChI is InChI=1S/C40H63N6O4P/c1-8-15-18-19-24-46(28-30(11-4)20-16-9-2)39-34(13-6)38(45-51(47,48)49)37(44-43-36-23-22-32(26-41)25-33(36)27-42)35(14-7)40(39)50-29-31(12-5)21-17-10-3/h22-23,25,30-31H,8-21,24,28-29H2,1-7H3,(H3,45,47,48,49). The van der Waals surface area contributed by atoms with Crippen molar-refractivity contribution in [3.63, 3.8) is 0 Å². The largest absolute Gasteiger partial charge is 0.491 e. The molecule has 2 aromatic carbocycles. The molecule has 0 amide bonds. The van der Waals surface area contributed by atoms with Crippen LogP contribution in [0.2, 0.25) is 0 Å². The van der Waals surface area contributed by atoms with Gasteiger partial charge in [0.05, 0.1) is 35.2 Å². The molecule has 2 atom stereocenters. The summed E-state index contributed by atoms with van der Waals surface area (Å²) in [6.45, 7) is 17.2. The molecule has 0 aliphatic rings. The van der Waals surface area contributed by atoms with E-state index in [4.69, 9.17) is 4.74 Å². The Morgan fingerprint density at radius 2 is 1.49 bits per heavy atom. The van der Waals surface area contributed by atoms with Crippen molar-refractivity contribution >= 4 is 30.5 Å². The van der Waals surface area contributed by atoms with Crippen molar-refractivity contribution in [3.05, 3.63) is 40.5 Å². The van der Waals surface area contributed by atoms with Gasteiger partial charge in [-0.2, -0.15) is 10.5 Å². The highest BCUT2D eigenvalue weighted by molar-refractivity contribution is 7.53. The predicted octanol–water partition coefficient (Wildman–Crippen LogP) is 11.7. The van der Waals surface area contributed by atoms with Gasteiger partial charge in [0.15, 0.2) is 0 Å². The topological polar surface area (TPSA) is 154 Å². The van der Waals surface area contributed by atoms with Crippen molar-refractivity contribution in [1.29, 1.82) is 10.5 Å². The van der Waals surface area contributed by atoms with Crippen LogP contribution < -0.4 is 14.7 Å². The molecule has 3 N–H and O–H groups in total. The van der Waals surface area contributed by atoms with Gasteiger partial charge in [0.25, 0.3) is 0 Å². The zero-order valence-corrected chi connectivity index (χ0v) is 33.2. The highest BCUT2D eigenvalue weighted by Crippen LogP contribution is 2.52. The van der Waals surface area contributed by atoms with E-state index in [1.54, 1.807) is 12.1 Å². The van der Waals surface area contributed by atoms with Crippen LogP contribution >= 0.6 is 7.75 Å². The molecule has 0 fully saturated rings. The molecule has 51 heavy (non-hydrogen) atoms. The van der Waals surface area contributed by atoms with Gasteiger partial charge in [0.1, 0.15) is 23.2 Å². The first-order valence-electron chi connectivity index (χ1n) is 19.3. The maximum absolute atomic E-state index is 12.8. The van der Waals surface area contributed by atoms with Gasteiger partial charge in [0, 0.05) is 24.2 Å². The Balaban J connectivity index is 3.04. The lowest BCUT2D eigenvalue weighted by molar-refractivity contribution is 0.231. The van der Waals surface area contributed by atoms with Crippen molar-refractivity contribution in [2.75, 3.05) is 29.7 Å². The third-order valence-electron chi connectivity index (χ3n) is 9.69. The van der Waals surface area contributed by atoms with Gasteiger partial charge in [0.2, 0.25) is 0 Å². The molecule has 282 valence electrons. The summed E-state index contributed by atoms with van der Waals surface area (Å²) in [5.41, 5.74) is 3.61. The molecule has 0 radical (unpaired) electrons. The molecule has 11 heteroatoms. The number of hydrogen-bond donors (Lipinski definition) is 3. The van der Waals surface area contributed by atoms with E-state index in [1.807, 2.05) is 19.9 Å². The number of rotatable bonds is 25. The third kappa shape index (κ3) is 13.6. The fraction of sp³-hybridized carbons (Fsp3) is 0.650. The molecule has 0 aliphatic heterocycles. The Kier molecular flexibility index (Phi) is 19.9. The minimum Gasteiger partial charge on any atom is -0.491 e. The van der Waals surface area contributed by atoms with Gasteiger partial charge >= 0.3 is 7.75 Å². The normalized spacial score (nSPS) is 12.8. The monoisotopic (exact) mass is 722 g/mol. The molecule has 0 bridgehead atoms. The van der Waals surface area contributed by atoms with E-state index in [9.17, 15) is 24.9 Å². The first-order valence-corrected chi connectivity index (χ1v) is 21.0. The van der Waals surface area contributed by atoms with E-state index in [-0.39, 0.29) is 22.6 Å². The second kappa shape index (κ2) is 23.2. The van der Waals surface area contributed by atoms with Crippen molar-refractivity contribution in [2.45, 2.75) is 138 Å². The van der Waals surface area contributed by atoms with Crippen molar-refractivity contribution < 1.29 is 19.1 Å². The van der Waals surface area contributed by atoms with Gasteiger partial charge in [-0.3, -0.25) is 5.09 Å². The summed E-state index contributed by atoms with van der Waals surface area (Å²) in [5.74, 6) is 1.51. The van der Waals surface area contributed by atoms with Crippen LogP contribution in [-0.4, -0.2) is 29.5 Å². The quantitative estimate of drug-likeness (QED) is 0.0519. The number of unbranched alkanes of at least 4 members (excludes halogenated alkanes) is 5. The van der Waals surface area contributed by atoms with Gasteiger partial charge < -0.3 is 19.4 Å². The number of nitriles is 2. The van der Waals surface area contributed by atoms with Crippen LogP contribution in [0, 0.1) is 34.5 Å². The average Bonchev–Trinajstić information content (AvgIpc) is 3.12. The van der Waals surface area contributed by atoms with Crippen LogP contribution in [-0.2, 0) is 17.4 Å². The number of nitrogens with zero attached hydrogens (tertiary/aromatic N) is 5. The van der Waals surface area contributed by atoms with Gasteiger partial charge in [-0.15, -0.1) is 10.2 Å². The fourth-order valence-electron chi connectivity index (χ4n) is 6.58. The second-order valence-electron chi connectivity index (χ2n) is 13.5. The van der Waals surface area contributed by atoms with Gasteiger partial charge in [-0.05, 0) is 62.1 Å². The lowest BCUT2D eigenvalue weighted by atomic mass is 9.94. The lowest BCUT2D eigenvalue weighted by Crippen LogP contribution is -2.32. The average molecular weight is 723 g/mol. The molecule has 0 aliphatic carbocycles. The third-order valence-corrected chi connectivity index (χ3v) is 10.2. The number of anilines is 2. The molecule has 0 spiro atoms. The lowest BCUT2D eigenvalue weighted by Gasteiger charge is -2.35. The summed E-state index contributed by atoms with van der Waals surface area (Å²) in [6.07, 6.45) is 14.0. The Bertz CT molecular complexity index is 1530. The summed E-state index contributed by atoms with van der Waals surface area (Å²) in [5, 5.41) is 30.9. The van der Waals surface area contributed by atoms with Crippen molar-refractivity contribution in [1.82, 2.24) is 0 Å². The first kappa shape index (κ1) is 43.7. The minimum atomic E-state index is -4.80. The van der Waals surface area contributed by atoms with E-state index < -0.39 is 7.75 Å². The second-order valence-corrected chi connectivity index (χ2v) is 14.8. The highest BCUT2D eigenvalue weighted by Gasteiger charge is 2.31. The smallest absolute Gasteiger partial charge is 0.427 e. The minimum absolute atomic E-state index is 0.182. The van der Waals surface area contributed by atoms with Crippen LogP contribution in [0.1, 0.15) is 148 Å². The van der Waals surface area contributed by atoms with Gasteiger partial charge in [-0.1, -0.05) is 106 Å². The van der Waals surface area contributed by atoms with Crippen LogP contribution in [0.3, 0.4) is 0 Å². The molecule has 0 saturated heterocycles. The molecule has 2 rings (SSSR count). The molecular formula is C40H63N6O4P. The summed E-state index contributed by atoms with van der Waals surface area (Å²) in [7, 11) is -4.80. The number of hydrogen-bond acceptors (Lipinski definition) is 7. The zero-order valence-electron chi connectivity index (χ0n) is 32.3. The Hall–Kier alpha value is -3.43. The van der Waals surface area contributed by atoms with Crippen LogP contribution in [0.4, 0.5) is 22.7 Å². The van der Waals surface area contributed by atoms with Crippen LogP contribution in [0.5, 0.6) is 5.75 Å². The van der Waals surface area contributed by atoms with Crippen molar-refractivity contribution in [3.8, 4) is 17.9 Å². The first-order chi connectivity index (χ1) is 24.5. The van der Waals surface area contributed by atoms with Crippen LogP contribution in [0.25, 0.3) is 0 Å². The Labute approximate surface area is 307 Å². The number of azo groups is 1. The van der Waals surface area contributed by atoms with Gasteiger partial charge in [-0.25, -0.2) is 4.57 Å². The summed E-state index contributed by atoms with van der Waals surface area (Å²) in [4.78, 5) is 23.2. The molecule has 0 heterocycles. The Morgan fingerprint density at radius 3 is 2.04 bits per heavy atom. The number of nitrogens with one attached hydrogen (secondary N) is 1. The SMILES string of the molecule is CCCCCCN(CC(CC)CCCC)c1c(CC)c(NP(=O)(O)O)c(N=Nc2ccc(C#N)cc2C#N)c(CC)c1OCC(CC)CCCC. The summed E-state index contributed by atoms with van der Waals surface area (Å²) >= 11 is 0. The number of benzene rings is 2. The van der Waals surface area contributed by atoms with Crippen LogP contribution in [0.15, 0.2) is 28.4 Å². The van der Waals surface area contributed by atoms with Crippen molar-refractivity contribution in [2.24, 2.45) is 22.1 Å². The molecule has 2 aromatic rings.